The van der Waals surface area contributed by atoms with E-state index in [1.54, 1.807) is 31.2 Å². The van der Waals surface area contributed by atoms with Crippen LogP contribution in [0.2, 0.25) is 5.02 Å². The number of carbonyl (C=O) groups is 1. The zero-order valence-electron chi connectivity index (χ0n) is 10.9. The molecule has 0 bridgehead atoms. The van der Waals surface area contributed by atoms with Gasteiger partial charge in [-0.3, -0.25) is 4.79 Å². The molecule has 21 heavy (non-hydrogen) atoms. The smallest absolute Gasteiger partial charge is 0.261 e. The van der Waals surface area contributed by atoms with Crippen molar-refractivity contribution in [3.05, 3.63) is 58.6 Å². The van der Waals surface area contributed by atoms with Crippen LogP contribution in [0.3, 0.4) is 0 Å². The van der Waals surface area contributed by atoms with Gasteiger partial charge >= 0.3 is 0 Å². The van der Waals surface area contributed by atoms with Crippen molar-refractivity contribution in [2.75, 3.05) is 5.32 Å². The second kappa shape index (κ2) is 6.05. The third-order valence-electron chi connectivity index (χ3n) is 2.78. The fourth-order valence-electron chi connectivity index (χ4n) is 1.83. The lowest BCUT2D eigenvalue weighted by molar-refractivity contribution is 0.102. The van der Waals surface area contributed by atoms with Crippen molar-refractivity contribution < 1.29 is 13.2 Å². The highest BCUT2D eigenvalue weighted by Gasteiger charge is 2.14. The highest BCUT2D eigenvalue weighted by molar-refractivity contribution is 8.13. The van der Waals surface area contributed by atoms with Crippen LogP contribution in [0.4, 0.5) is 5.69 Å². The highest BCUT2D eigenvalue weighted by Crippen LogP contribution is 2.23. The van der Waals surface area contributed by atoms with Gasteiger partial charge in [0, 0.05) is 27.0 Å². The summed E-state index contributed by atoms with van der Waals surface area (Å²) < 4.78 is 22.6. The molecule has 0 unspecified atom stereocenters. The largest absolute Gasteiger partial charge is 0.322 e. The summed E-state index contributed by atoms with van der Waals surface area (Å²) >= 11 is 5.83. The summed E-state index contributed by atoms with van der Waals surface area (Å²) in [5.41, 5.74) is 1.34. The number of aryl methyl sites for hydroxylation is 1. The molecule has 0 aromatic heterocycles. The quantitative estimate of drug-likeness (QED) is 0.861. The molecule has 1 N–H and O–H groups in total. The topological polar surface area (TPSA) is 63.2 Å². The minimum Gasteiger partial charge on any atom is -0.322 e. The van der Waals surface area contributed by atoms with Crippen molar-refractivity contribution in [1.29, 1.82) is 0 Å². The molecule has 0 saturated heterocycles. The normalized spacial score (nSPS) is 11.2. The zero-order chi connectivity index (χ0) is 15.6. The Kier molecular flexibility index (Phi) is 4.56. The van der Waals surface area contributed by atoms with Gasteiger partial charge in [0.25, 0.3) is 15.0 Å². The van der Waals surface area contributed by atoms with Crippen LogP contribution in [0.25, 0.3) is 0 Å². The molecule has 0 atom stereocenters. The summed E-state index contributed by atoms with van der Waals surface area (Å²) in [4.78, 5) is 12.1. The number of rotatable bonds is 3. The summed E-state index contributed by atoms with van der Waals surface area (Å²) in [7, 11) is 1.51. The van der Waals surface area contributed by atoms with Crippen molar-refractivity contribution in [3.8, 4) is 0 Å². The molecule has 2 rings (SSSR count). The first-order valence-electron chi connectivity index (χ1n) is 5.89. The molecule has 2 aromatic rings. The van der Waals surface area contributed by atoms with Gasteiger partial charge < -0.3 is 5.32 Å². The van der Waals surface area contributed by atoms with Crippen LogP contribution in [0, 0.1) is 6.92 Å². The van der Waals surface area contributed by atoms with Crippen LogP contribution in [-0.4, -0.2) is 14.3 Å². The van der Waals surface area contributed by atoms with E-state index >= 15 is 0 Å². The van der Waals surface area contributed by atoms with Crippen molar-refractivity contribution in [3.63, 3.8) is 0 Å². The Bertz CT molecular complexity index is 804. The number of nitrogens with one attached hydrogen (secondary N) is 1. The van der Waals surface area contributed by atoms with Crippen molar-refractivity contribution in [2.24, 2.45) is 0 Å². The molecule has 0 radical (unpaired) electrons. The average Bonchev–Trinajstić information content (AvgIpc) is 2.37. The zero-order valence-corrected chi connectivity index (χ0v) is 13.3. The molecule has 0 saturated carbocycles. The van der Waals surface area contributed by atoms with E-state index in [1.165, 1.54) is 18.2 Å². The van der Waals surface area contributed by atoms with Gasteiger partial charge in [0.1, 0.15) is 0 Å². The Morgan fingerprint density at radius 2 is 1.86 bits per heavy atom. The van der Waals surface area contributed by atoms with Crippen LogP contribution in [0.15, 0.2) is 47.4 Å². The van der Waals surface area contributed by atoms with Gasteiger partial charge in [-0.15, -0.1) is 0 Å². The van der Waals surface area contributed by atoms with Gasteiger partial charge in [-0.05, 0) is 48.9 Å². The molecule has 110 valence electrons. The Morgan fingerprint density at radius 1 is 1.14 bits per heavy atom. The number of carbonyl (C=O) groups excluding carboxylic acids is 1. The second-order valence-corrected chi connectivity index (χ2v) is 7.35. The van der Waals surface area contributed by atoms with Gasteiger partial charge in [-0.2, -0.15) is 0 Å². The number of amides is 1. The molecule has 1 amide bonds. The molecular weight excluding hydrogens is 333 g/mol. The number of halogens is 2. The van der Waals surface area contributed by atoms with Crippen LogP contribution in [0.1, 0.15) is 15.9 Å². The summed E-state index contributed by atoms with van der Waals surface area (Å²) in [6, 6.07) is 10.9. The van der Waals surface area contributed by atoms with Crippen LogP contribution < -0.4 is 5.32 Å². The predicted molar refractivity (Wildman–Crippen MR) is 83.6 cm³/mol. The molecule has 0 fully saturated rings. The Labute approximate surface area is 132 Å². The van der Waals surface area contributed by atoms with E-state index in [2.05, 4.69) is 5.32 Å². The first-order valence-corrected chi connectivity index (χ1v) is 8.58. The fraction of sp³-hybridized carbons (Fsp3) is 0.0714. The summed E-state index contributed by atoms with van der Waals surface area (Å²) in [6.45, 7) is 1.60. The minimum absolute atomic E-state index is 0.0184. The summed E-state index contributed by atoms with van der Waals surface area (Å²) in [5, 5.41) is 3.13. The van der Waals surface area contributed by atoms with Crippen LogP contribution in [0.5, 0.6) is 0 Å². The number of hydrogen-bond donors (Lipinski definition) is 1. The van der Waals surface area contributed by atoms with E-state index in [9.17, 15) is 13.2 Å². The monoisotopic (exact) mass is 343 g/mol. The van der Waals surface area contributed by atoms with Gasteiger partial charge in [0.15, 0.2) is 0 Å². The maximum Gasteiger partial charge on any atom is 0.261 e. The van der Waals surface area contributed by atoms with Crippen molar-refractivity contribution in [1.82, 2.24) is 0 Å². The number of anilines is 1. The standard InChI is InChI=1S/C14H11Cl2NO3S/c1-9-7-12(5-6-13(9)21(16,19)20)17-14(18)10-3-2-4-11(15)8-10/h2-8H,1H3,(H,17,18). The lowest BCUT2D eigenvalue weighted by Crippen LogP contribution is -2.12. The van der Waals surface area contributed by atoms with Gasteiger partial charge in [0.2, 0.25) is 0 Å². The lowest BCUT2D eigenvalue weighted by atomic mass is 10.2. The Balaban J connectivity index is 2.25. The van der Waals surface area contributed by atoms with E-state index in [4.69, 9.17) is 22.3 Å². The molecule has 0 heterocycles. The highest BCUT2D eigenvalue weighted by atomic mass is 35.7. The SMILES string of the molecule is Cc1cc(NC(=O)c2cccc(Cl)c2)ccc1S(=O)(=O)Cl. The maximum absolute atomic E-state index is 12.0. The van der Waals surface area contributed by atoms with Crippen molar-refractivity contribution >= 4 is 42.9 Å². The summed E-state index contributed by atoms with van der Waals surface area (Å²) in [5.74, 6) is -0.335. The second-order valence-electron chi connectivity index (χ2n) is 4.38. The average molecular weight is 344 g/mol. The molecule has 0 aliphatic carbocycles. The summed E-state index contributed by atoms with van der Waals surface area (Å²) in [6.07, 6.45) is 0. The van der Waals surface area contributed by atoms with Crippen LogP contribution >= 0.6 is 22.3 Å². The first kappa shape index (κ1) is 15.8. The molecule has 0 spiro atoms. The lowest BCUT2D eigenvalue weighted by Gasteiger charge is -2.08. The molecule has 7 heteroatoms. The number of hydrogen-bond acceptors (Lipinski definition) is 3. The molecule has 0 aliphatic rings. The molecular formula is C14H11Cl2NO3S. The molecule has 4 nitrogen and oxygen atoms in total. The van der Waals surface area contributed by atoms with Crippen LogP contribution in [-0.2, 0) is 9.05 Å². The third-order valence-corrected chi connectivity index (χ3v) is 4.50. The van der Waals surface area contributed by atoms with E-state index < -0.39 is 9.05 Å². The Morgan fingerprint density at radius 3 is 2.43 bits per heavy atom. The number of benzene rings is 2. The fourth-order valence-corrected chi connectivity index (χ4v) is 3.22. The Hall–Kier alpha value is -1.56. The minimum atomic E-state index is -3.79. The maximum atomic E-state index is 12.0. The third kappa shape index (κ3) is 3.97. The predicted octanol–water partition coefficient (Wildman–Crippen LogP) is 3.83. The van der Waals surface area contributed by atoms with E-state index in [-0.39, 0.29) is 10.8 Å². The molecule has 2 aromatic carbocycles. The van der Waals surface area contributed by atoms with Gasteiger partial charge in [-0.25, -0.2) is 8.42 Å². The van der Waals surface area contributed by atoms with Gasteiger partial charge in [0.05, 0.1) is 4.90 Å². The van der Waals surface area contributed by atoms with E-state index in [0.717, 1.165) is 0 Å². The van der Waals surface area contributed by atoms with E-state index in [1.807, 2.05) is 0 Å². The first-order chi connectivity index (χ1) is 9.77. The van der Waals surface area contributed by atoms with Crippen molar-refractivity contribution in [2.45, 2.75) is 11.8 Å². The molecule has 0 aliphatic heterocycles. The van der Waals surface area contributed by atoms with E-state index in [0.29, 0.717) is 21.8 Å². The van der Waals surface area contributed by atoms with Gasteiger partial charge in [-0.1, -0.05) is 17.7 Å².